The number of carbonyl (C=O) groups excluding carboxylic acids is 1. The molecule has 1 aromatic carbocycles. The molecule has 4 nitrogen and oxygen atoms in total. The van der Waals surface area contributed by atoms with Crippen molar-refractivity contribution < 1.29 is 14.7 Å². The molecule has 1 unspecified atom stereocenters. The van der Waals surface area contributed by atoms with Crippen LogP contribution in [-0.4, -0.2) is 23.5 Å². The first-order chi connectivity index (χ1) is 9.93. The van der Waals surface area contributed by atoms with E-state index in [0.717, 1.165) is 11.3 Å². The zero-order valence-electron chi connectivity index (χ0n) is 11.3. The summed E-state index contributed by atoms with van der Waals surface area (Å²) in [7, 11) is 0. The number of hydrogen-bond acceptors (Lipinski definition) is 3. The van der Waals surface area contributed by atoms with Crippen LogP contribution in [0.1, 0.15) is 22.2 Å². The van der Waals surface area contributed by atoms with Crippen LogP contribution in [-0.2, 0) is 10.2 Å². The zero-order valence-corrected chi connectivity index (χ0v) is 12.9. The van der Waals surface area contributed by atoms with Gasteiger partial charge in [-0.05, 0) is 24.6 Å². The molecule has 2 aromatic rings. The zero-order chi connectivity index (χ0) is 15.5. The van der Waals surface area contributed by atoms with Gasteiger partial charge < -0.3 is 10.4 Å². The summed E-state index contributed by atoms with van der Waals surface area (Å²) in [5, 5.41) is 12.2. The molecule has 110 valence electrons. The van der Waals surface area contributed by atoms with Gasteiger partial charge in [0.2, 0.25) is 0 Å². The minimum Gasteiger partial charge on any atom is -0.481 e. The maximum atomic E-state index is 12.0. The number of benzene rings is 1. The average Bonchev–Trinajstić information content (AvgIpc) is 2.91. The van der Waals surface area contributed by atoms with E-state index in [1.165, 1.54) is 0 Å². The fourth-order valence-corrected chi connectivity index (χ4v) is 2.85. The van der Waals surface area contributed by atoms with E-state index in [-0.39, 0.29) is 12.5 Å². The number of halogens is 1. The van der Waals surface area contributed by atoms with Crippen molar-refractivity contribution in [2.75, 3.05) is 6.54 Å². The highest BCUT2D eigenvalue weighted by atomic mass is 35.5. The number of rotatable bonds is 5. The van der Waals surface area contributed by atoms with E-state index in [0.29, 0.717) is 14.8 Å². The van der Waals surface area contributed by atoms with E-state index in [1.807, 2.05) is 6.07 Å². The van der Waals surface area contributed by atoms with Crippen LogP contribution in [0.15, 0.2) is 42.5 Å². The van der Waals surface area contributed by atoms with Crippen molar-refractivity contribution in [1.82, 2.24) is 5.32 Å². The van der Waals surface area contributed by atoms with Gasteiger partial charge in [-0.3, -0.25) is 9.59 Å². The Kier molecular flexibility index (Phi) is 4.65. The van der Waals surface area contributed by atoms with Crippen molar-refractivity contribution in [2.24, 2.45) is 0 Å². The molecule has 1 heterocycles. The van der Waals surface area contributed by atoms with Crippen molar-refractivity contribution in [1.29, 1.82) is 0 Å². The number of carboxylic acids is 1. The number of carboxylic acid groups (broad SMARTS) is 1. The van der Waals surface area contributed by atoms with E-state index in [2.05, 4.69) is 5.32 Å². The lowest BCUT2D eigenvalue weighted by Gasteiger charge is -2.25. The molecule has 0 saturated heterocycles. The van der Waals surface area contributed by atoms with Crippen molar-refractivity contribution in [3.05, 3.63) is 57.2 Å². The van der Waals surface area contributed by atoms with Crippen LogP contribution < -0.4 is 5.32 Å². The predicted octanol–water partition coefficient (Wildman–Crippen LogP) is 3.17. The standard InChI is InChI=1S/C15H14ClNO3S/c1-15(14(19)20,10-5-3-2-4-6-10)9-17-13(18)11-7-8-12(16)21-11/h2-8H,9H2,1H3,(H,17,18)(H,19,20). The Hall–Kier alpha value is -1.85. The molecule has 1 atom stereocenters. The van der Waals surface area contributed by atoms with Crippen LogP contribution in [0.4, 0.5) is 0 Å². The molecule has 0 saturated carbocycles. The number of nitrogens with one attached hydrogen (secondary N) is 1. The summed E-state index contributed by atoms with van der Waals surface area (Å²) in [6.07, 6.45) is 0. The first kappa shape index (κ1) is 15.5. The van der Waals surface area contributed by atoms with E-state index < -0.39 is 11.4 Å². The predicted molar refractivity (Wildman–Crippen MR) is 83.1 cm³/mol. The van der Waals surface area contributed by atoms with Gasteiger partial charge in [-0.1, -0.05) is 41.9 Å². The van der Waals surface area contributed by atoms with Gasteiger partial charge in [-0.15, -0.1) is 11.3 Å². The number of thiophene rings is 1. The van der Waals surface area contributed by atoms with Gasteiger partial charge in [0.1, 0.15) is 5.41 Å². The number of hydrogen-bond donors (Lipinski definition) is 2. The second kappa shape index (κ2) is 6.28. The number of carbonyl (C=O) groups is 2. The lowest BCUT2D eigenvalue weighted by Crippen LogP contribution is -2.44. The fourth-order valence-electron chi connectivity index (χ4n) is 1.89. The maximum absolute atomic E-state index is 12.0. The lowest BCUT2D eigenvalue weighted by atomic mass is 9.82. The second-order valence-corrected chi connectivity index (χ2v) is 6.50. The smallest absolute Gasteiger partial charge is 0.315 e. The van der Waals surface area contributed by atoms with Crippen LogP contribution in [0.5, 0.6) is 0 Å². The summed E-state index contributed by atoms with van der Waals surface area (Å²) < 4.78 is 0.518. The van der Waals surface area contributed by atoms with Gasteiger partial charge >= 0.3 is 5.97 Å². The van der Waals surface area contributed by atoms with Gasteiger partial charge in [0.15, 0.2) is 0 Å². The van der Waals surface area contributed by atoms with Crippen molar-refractivity contribution in [2.45, 2.75) is 12.3 Å². The van der Waals surface area contributed by atoms with Gasteiger partial charge in [0.25, 0.3) is 5.91 Å². The Morgan fingerprint density at radius 2 is 1.90 bits per heavy atom. The van der Waals surface area contributed by atoms with Gasteiger partial charge in [-0.2, -0.15) is 0 Å². The number of amides is 1. The quantitative estimate of drug-likeness (QED) is 0.888. The molecule has 0 spiro atoms. The summed E-state index contributed by atoms with van der Waals surface area (Å²) >= 11 is 6.94. The minimum atomic E-state index is -1.18. The Bertz CT molecular complexity index is 656. The normalized spacial score (nSPS) is 13.4. The molecule has 1 amide bonds. The van der Waals surface area contributed by atoms with Crippen LogP contribution >= 0.6 is 22.9 Å². The van der Waals surface area contributed by atoms with Crippen LogP contribution in [0.2, 0.25) is 4.34 Å². The lowest BCUT2D eigenvalue weighted by molar-refractivity contribution is -0.142. The highest BCUT2D eigenvalue weighted by Gasteiger charge is 2.35. The molecule has 0 aliphatic heterocycles. The Labute approximate surface area is 131 Å². The van der Waals surface area contributed by atoms with Gasteiger partial charge in [0, 0.05) is 6.54 Å². The summed E-state index contributed by atoms with van der Waals surface area (Å²) in [5.41, 5.74) is -0.542. The summed E-state index contributed by atoms with van der Waals surface area (Å²) in [6, 6.07) is 12.1. The first-order valence-electron chi connectivity index (χ1n) is 6.26. The van der Waals surface area contributed by atoms with E-state index in [4.69, 9.17) is 11.6 Å². The van der Waals surface area contributed by atoms with Crippen molar-refractivity contribution >= 4 is 34.8 Å². The average molecular weight is 324 g/mol. The number of aliphatic carboxylic acids is 1. The fraction of sp³-hybridized carbons (Fsp3) is 0.200. The molecule has 0 aliphatic rings. The third-order valence-electron chi connectivity index (χ3n) is 3.28. The van der Waals surface area contributed by atoms with Crippen molar-refractivity contribution in [3.8, 4) is 0 Å². The molecule has 0 bridgehead atoms. The topological polar surface area (TPSA) is 66.4 Å². The SMILES string of the molecule is CC(CNC(=O)c1ccc(Cl)s1)(C(=O)O)c1ccccc1. The summed E-state index contributed by atoms with van der Waals surface area (Å²) in [5.74, 6) is -1.31. The highest BCUT2D eigenvalue weighted by molar-refractivity contribution is 7.17. The monoisotopic (exact) mass is 323 g/mol. The largest absolute Gasteiger partial charge is 0.481 e. The maximum Gasteiger partial charge on any atom is 0.315 e. The molecule has 2 rings (SSSR count). The molecule has 0 aliphatic carbocycles. The highest BCUT2D eigenvalue weighted by Crippen LogP contribution is 2.24. The molecule has 0 fully saturated rings. The first-order valence-corrected chi connectivity index (χ1v) is 7.45. The molecular formula is C15H14ClNO3S. The summed E-state index contributed by atoms with van der Waals surface area (Å²) in [4.78, 5) is 24.1. The third-order valence-corrected chi connectivity index (χ3v) is 4.51. The molecular weight excluding hydrogens is 310 g/mol. The van der Waals surface area contributed by atoms with Crippen LogP contribution in [0.25, 0.3) is 0 Å². The Balaban J connectivity index is 2.14. The minimum absolute atomic E-state index is 0.000693. The van der Waals surface area contributed by atoms with E-state index in [9.17, 15) is 14.7 Å². The van der Waals surface area contributed by atoms with Crippen LogP contribution in [0.3, 0.4) is 0 Å². The Morgan fingerprint density at radius 1 is 1.24 bits per heavy atom. The van der Waals surface area contributed by atoms with E-state index in [1.54, 1.807) is 43.3 Å². The van der Waals surface area contributed by atoms with E-state index >= 15 is 0 Å². The Morgan fingerprint density at radius 3 is 2.43 bits per heavy atom. The van der Waals surface area contributed by atoms with Gasteiger partial charge in [0.05, 0.1) is 9.21 Å². The summed E-state index contributed by atoms with van der Waals surface area (Å²) in [6.45, 7) is 1.59. The molecule has 2 N–H and O–H groups in total. The molecule has 6 heteroatoms. The second-order valence-electron chi connectivity index (χ2n) is 4.79. The molecule has 1 aromatic heterocycles. The van der Waals surface area contributed by atoms with Crippen molar-refractivity contribution in [3.63, 3.8) is 0 Å². The third kappa shape index (κ3) is 3.43. The molecule has 21 heavy (non-hydrogen) atoms. The molecule has 0 radical (unpaired) electrons. The van der Waals surface area contributed by atoms with Gasteiger partial charge in [-0.25, -0.2) is 0 Å². The van der Waals surface area contributed by atoms with Crippen LogP contribution in [0, 0.1) is 0 Å².